The van der Waals surface area contributed by atoms with Gasteiger partial charge in [-0.2, -0.15) is 0 Å². The summed E-state index contributed by atoms with van der Waals surface area (Å²) < 4.78 is 14.9. The summed E-state index contributed by atoms with van der Waals surface area (Å²) in [5.74, 6) is -1.34. The van der Waals surface area contributed by atoms with Crippen LogP contribution in [0.2, 0.25) is 5.02 Å². The molecule has 7 nitrogen and oxygen atoms in total. The van der Waals surface area contributed by atoms with E-state index in [9.17, 15) is 23.9 Å². The van der Waals surface area contributed by atoms with Crippen LogP contribution >= 0.6 is 11.6 Å². The summed E-state index contributed by atoms with van der Waals surface area (Å²) in [6.07, 6.45) is 2.87. The van der Waals surface area contributed by atoms with E-state index in [2.05, 4.69) is 5.32 Å². The lowest BCUT2D eigenvalue weighted by Gasteiger charge is -2.32. The van der Waals surface area contributed by atoms with Crippen molar-refractivity contribution in [1.82, 2.24) is 14.8 Å². The van der Waals surface area contributed by atoms with E-state index in [0.717, 1.165) is 12.8 Å². The lowest BCUT2D eigenvalue weighted by molar-refractivity contribution is 0.0721. The smallest absolute Gasteiger partial charge is 0.296 e. The number of aromatic nitrogens is 1. The van der Waals surface area contributed by atoms with Crippen molar-refractivity contribution in [2.45, 2.75) is 37.9 Å². The van der Waals surface area contributed by atoms with Crippen LogP contribution in [0, 0.1) is 17.7 Å². The Balaban J connectivity index is 1.43. The van der Waals surface area contributed by atoms with Gasteiger partial charge in [-0.25, -0.2) is 4.39 Å². The van der Waals surface area contributed by atoms with Crippen molar-refractivity contribution in [2.75, 3.05) is 6.54 Å². The van der Waals surface area contributed by atoms with Crippen molar-refractivity contribution in [1.29, 1.82) is 0 Å². The van der Waals surface area contributed by atoms with Gasteiger partial charge in [-0.15, -0.1) is 0 Å². The molecule has 3 atom stereocenters. The number of carbonyl (C=O) groups is 2. The molecule has 2 amide bonds. The predicted octanol–water partition coefficient (Wildman–Crippen LogP) is 2.37. The number of amides is 2. The molecule has 2 aliphatic heterocycles. The molecule has 1 spiro atoms. The molecule has 4 aliphatic rings. The summed E-state index contributed by atoms with van der Waals surface area (Å²) in [6, 6.07) is 4.21. The molecule has 2 aliphatic carbocycles. The number of benzene rings is 1. The SMILES string of the molecule is O=C1NC2(CC[C@H]3C[C@H]32)n2c1c1c(c(O)c2=O)C(=O)N(Cc2ccc(F)c(Cl)c2)CC1. The van der Waals surface area contributed by atoms with Crippen LogP contribution in [0.25, 0.3) is 0 Å². The molecule has 31 heavy (non-hydrogen) atoms. The number of aromatic hydroxyl groups is 1. The Morgan fingerprint density at radius 3 is 2.77 bits per heavy atom. The van der Waals surface area contributed by atoms with Gasteiger partial charge in [0, 0.05) is 24.6 Å². The Morgan fingerprint density at radius 2 is 2.10 bits per heavy atom. The van der Waals surface area contributed by atoms with Crippen LogP contribution in [-0.4, -0.2) is 32.9 Å². The maximum atomic E-state index is 13.4. The molecule has 0 saturated heterocycles. The molecule has 2 fully saturated rings. The third-order valence-electron chi connectivity index (χ3n) is 7.32. The molecule has 9 heteroatoms. The Kier molecular flexibility index (Phi) is 3.71. The first kappa shape index (κ1) is 18.9. The minimum atomic E-state index is -0.772. The molecule has 0 radical (unpaired) electrons. The molecular formula is C22H19ClFN3O4. The maximum Gasteiger partial charge on any atom is 0.296 e. The van der Waals surface area contributed by atoms with Gasteiger partial charge in [0.2, 0.25) is 0 Å². The topological polar surface area (TPSA) is 91.6 Å². The third kappa shape index (κ3) is 2.42. The number of hydrogen-bond donors (Lipinski definition) is 2. The quantitative estimate of drug-likeness (QED) is 0.745. The van der Waals surface area contributed by atoms with Gasteiger partial charge in [0.05, 0.1) is 10.6 Å². The van der Waals surface area contributed by atoms with Crippen molar-refractivity contribution >= 4 is 23.4 Å². The summed E-state index contributed by atoms with van der Waals surface area (Å²) >= 11 is 5.84. The Morgan fingerprint density at radius 1 is 1.29 bits per heavy atom. The lowest BCUT2D eigenvalue weighted by atomic mass is 9.95. The van der Waals surface area contributed by atoms with Crippen LogP contribution in [-0.2, 0) is 18.6 Å². The first-order chi connectivity index (χ1) is 14.8. The van der Waals surface area contributed by atoms with Gasteiger partial charge in [-0.1, -0.05) is 17.7 Å². The number of pyridine rings is 1. The average molecular weight is 444 g/mol. The molecule has 2 N–H and O–H groups in total. The first-order valence-corrected chi connectivity index (χ1v) is 10.8. The van der Waals surface area contributed by atoms with Crippen molar-refractivity contribution in [3.63, 3.8) is 0 Å². The van der Waals surface area contributed by atoms with Crippen molar-refractivity contribution in [3.05, 3.63) is 61.8 Å². The van der Waals surface area contributed by atoms with Gasteiger partial charge in [0.1, 0.15) is 17.2 Å². The second kappa shape index (κ2) is 6.09. The van der Waals surface area contributed by atoms with E-state index >= 15 is 0 Å². The first-order valence-electron chi connectivity index (χ1n) is 10.4. The Hall–Kier alpha value is -2.87. The van der Waals surface area contributed by atoms with Gasteiger partial charge in [-0.05, 0) is 49.3 Å². The zero-order valence-corrected chi connectivity index (χ0v) is 17.2. The summed E-state index contributed by atoms with van der Waals surface area (Å²) in [6.45, 7) is 0.452. The van der Waals surface area contributed by atoms with Crippen molar-refractivity contribution < 1.29 is 19.1 Å². The zero-order valence-electron chi connectivity index (χ0n) is 16.5. The van der Waals surface area contributed by atoms with Crippen LogP contribution in [0.5, 0.6) is 5.75 Å². The molecule has 2 aromatic rings. The highest BCUT2D eigenvalue weighted by Crippen LogP contribution is 2.61. The van der Waals surface area contributed by atoms with Crippen LogP contribution in [0.3, 0.4) is 0 Å². The van der Waals surface area contributed by atoms with Gasteiger partial charge >= 0.3 is 0 Å². The standard InChI is InChI=1S/C22H19ClFN3O4/c23-14-7-10(1-2-15(14)24)9-26-6-4-12-16(20(26)30)18(28)21(31)27-17(12)19(29)25-22(27)5-3-11-8-13(11)22/h1-2,7,11,13,28H,3-6,8-9H2,(H,25,29)/t11-,13+,22?/m0/s1. The van der Waals surface area contributed by atoms with E-state index in [1.165, 1.54) is 27.7 Å². The number of halogens is 2. The summed E-state index contributed by atoms with van der Waals surface area (Å²) in [5, 5.41) is 13.8. The number of carbonyl (C=O) groups excluding carboxylic acids is 2. The fraction of sp³-hybridized carbons (Fsp3) is 0.409. The second-order valence-electron chi connectivity index (χ2n) is 8.94. The highest BCUT2D eigenvalue weighted by atomic mass is 35.5. The van der Waals surface area contributed by atoms with Crippen LogP contribution in [0.1, 0.15) is 51.2 Å². The van der Waals surface area contributed by atoms with Crippen LogP contribution in [0.15, 0.2) is 23.0 Å². The molecule has 6 rings (SSSR count). The van der Waals surface area contributed by atoms with Crippen LogP contribution in [0.4, 0.5) is 4.39 Å². The molecule has 1 aromatic heterocycles. The third-order valence-corrected chi connectivity index (χ3v) is 7.61. The molecule has 1 unspecified atom stereocenters. The van der Waals surface area contributed by atoms with E-state index in [1.54, 1.807) is 0 Å². The highest BCUT2D eigenvalue weighted by Gasteiger charge is 2.63. The lowest BCUT2D eigenvalue weighted by Crippen LogP contribution is -2.48. The van der Waals surface area contributed by atoms with E-state index < -0.39 is 28.7 Å². The number of fused-ring (bicyclic) bond motifs is 6. The van der Waals surface area contributed by atoms with Gasteiger partial charge in [0.15, 0.2) is 5.75 Å². The van der Waals surface area contributed by atoms with Crippen molar-refractivity contribution in [2.24, 2.45) is 11.8 Å². The summed E-state index contributed by atoms with van der Waals surface area (Å²) in [4.78, 5) is 40.8. The minimum absolute atomic E-state index is 0.0433. The number of nitrogens with one attached hydrogen (secondary N) is 1. The minimum Gasteiger partial charge on any atom is -0.502 e. The molecule has 2 saturated carbocycles. The fourth-order valence-corrected chi connectivity index (χ4v) is 6.01. The summed E-state index contributed by atoms with van der Waals surface area (Å²) in [5.41, 5.74) is -0.306. The molecule has 0 bridgehead atoms. The summed E-state index contributed by atoms with van der Waals surface area (Å²) in [7, 11) is 0. The maximum absolute atomic E-state index is 13.4. The number of nitrogens with zero attached hydrogens (tertiary/aromatic N) is 2. The fourth-order valence-electron chi connectivity index (χ4n) is 5.81. The predicted molar refractivity (Wildman–Crippen MR) is 108 cm³/mol. The molecule has 160 valence electrons. The molecule has 1 aromatic carbocycles. The van der Waals surface area contributed by atoms with Gasteiger partial charge in [-0.3, -0.25) is 19.0 Å². The van der Waals surface area contributed by atoms with Gasteiger partial charge in [0.25, 0.3) is 17.4 Å². The van der Waals surface area contributed by atoms with E-state index in [4.69, 9.17) is 11.6 Å². The van der Waals surface area contributed by atoms with E-state index in [-0.39, 0.29) is 34.6 Å². The van der Waals surface area contributed by atoms with E-state index in [0.29, 0.717) is 36.4 Å². The average Bonchev–Trinajstić information content (AvgIpc) is 3.37. The number of hydrogen-bond acceptors (Lipinski definition) is 4. The monoisotopic (exact) mass is 443 g/mol. The largest absolute Gasteiger partial charge is 0.502 e. The van der Waals surface area contributed by atoms with Crippen molar-refractivity contribution in [3.8, 4) is 5.75 Å². The Bertz CT molecular complexity index is 1260. The normalized spacial score (nSPS) is 27.9. The van der Waals surface area contributed by atoms with Gasteiger partial charge < -0.3 is 15.3 Å². The van der Waals surface area contributed by atoms with E-state index in [1.807, 2.05) is 0 Å². The van der Waals surface area contributed by atoms with Crippen LogP contribution < -0.4 is 10.9 Å². The molecular weight excluding hydrogens is 425 g/mol. The molecule has 3 heterocycles. The zero-order chi connectivity index (χ0) is 21.7. The second-order valence-corrected chi connectivity index (χ2v) is 9.34. The highest BCUT2D eigenvalue weighted by molar-refractivity contribution is 6.30. The Labute approximate surface area is 181 Å². The number of rotatable bonds is 2.